The lowest BCUT2D eigenvalue weighted by atomic mass is 10.2. The highest BCUT2D eigenvalue weighted by Crippen LogP contribution is 2.15. The van der Waals surface area contributed by atoms with Gasteiger partial charge in [0.15, 0.2) is 0 Å². The maximum absolute atomic E-state index is 11.3. The summed E-state index contributed by atoms with van der Waals surface area (Å²) < 4.78 is 11.3. The second-order valence-corrected chi connectivity index (χ2v) is 3.71. The summed E-state index contributed by atoms with van der Waals surface area (Å²) in [5.74, 6) is 0.414. The predicted octanol–water partition coefficient (Wildman–Crippen LogP) is 1.18. The Balaban J connectivity index is 2.63. The van der Waals surface area contributed by atoms with Crippen molar-refractivity contribution in [1.29, 1.82) is 0 Å². The summed E-state index contributed by atoms with van der Waals surface area (Å²) in [5.41, 5.74) is 0.983. The van der Waals surface area contributed by atoms with Gasteiger partial charge in [-0.05, 0) is 6.07 Å². The topological polar surface area (TPSA) is 29.4 Å². The van der Waals surface area contributed by atoms with E-state index in [0.717, 1.165) is 10.5 Å². The second kappa shape index (κ2) is 2.58. The number of rotatable bonds is 0. The smallest absolute Gasteiger partial charge is 0.119 e. The molecule has 11 heavy (non-hydrogen) atoms. The van der Waals surface area contributed by atoms with Gasteiger partial charge in [-0.25, -0.2) is 0 Å². The monoisotopic (exact) mass is 165 g/mol. The highest BCUT2D eigenvalue weighted by atomic mass is 32.2. The Morgan fingerprint density at radius 3 is 3.00 bits per heavy atom. The van der Waals surface area contributed by atoms with Gasteiger partial charge in [-0.2, -0.15) is 0 Å². The van der Waals surface area contributed by atoms with Gasteiger partial charge in [-0.15, -0.1) is 0 Å². The fourth-order valence-corrected chi connectivity index (χ4v) is 2.03. The first kappa shape index (κ1) is 6.73. The van der Waals surface area contributed by atoms with Crippen LogP contribution in [0, 0.1) is 0 Å². The fraction of sp³-hybridized carbons (Fsp3) is 0.125. The molecule has 2 rings (SSSR count). The number of aliphatic imine (C=N–C) groups is 1. The van der Waals surface area contributed by atoms with Crippen LogP contribution in [0.3, 0.4) is 0 Å². The molecular weight excluding hydrogens is 158 g/mol. The van der Waals surface area contributed by atoms with Gasteiger partial charge in [0.05, 0.1) is 10.8 Å². The molecule has 1 aromatic carbocycles. The summed E-state index contributed by atoms with van der Waals surface area (Å²) in [7, 11) is -0.913. The quantitative estimate of drug-likeness (QED) is 0.567. The maximum Gasteiger partial charge on any atom is 0.119 e. The molecule has 0 amide bonds. The van der Waals surface area contributed by atoms with Crippen LogP contribution in [-0.2, 0) is 10.8 Å². The molecule has 1 aliphatic rings. The van der Waals surface area contributed by atoms with Crippen molar-refractivity contribution in [2.75, 3.05) is 5.88 Å². The van der Waals surface area contributed by atoms with Crippen LogP contribution < -0.4 is 0 Å². The highest BCUT2D eigenvalue weighted by Gasteiger charge is 2.10. The van der Waals surface area contributed by atoms with E-state index in [4.69, 9.17) is 0 Å². The lowest BCUT2D eigenvalue weighted by Gasteiger charge is -2.07. The molecule has 56 valence electrons. The minimum atomic E-state index is -0.913. The molecule has 0 aliphatic carbocycles. The molecule has 0 bridgehead atoms. The second-order valence-electron chi connectivity index (χ2n) is 2.32. The van der Waals surface area contributed by atoms with E-state index in [1.54, 1.807) is 6.21 Å². The molecule has 3 heteroatoms. The predicted molar refractivity (Wildman–Crippen MR) is 45.3 cm³/mol. The minimum absolute atomic E-state index is 0.414. The van der Waals surface area contributed by atoms with Crippen LogP contribution in [0.25, 0.3) is 0 Å². The van der Waals surface area contributed by atoms with Gasteiger partial charge in [0.25, 0.3) is 0 Å². The van der Waals surface area contributed by atoms with E-state index in [1.807, 2.05) is 24.3 Å². The Bertz CT molecular complexity index is 333. The number of benzene rings is 1. The van der Waals surface area contributed by atoms with E-state index < -0.39 is 10.8 Å². The average Bonchev–Trinajstić information content (AvgIpc) is 2.06. The summed E-state index contributed by atoms with van der Waals surface area (Å²) in [6, 6.07) is 7.63. The largest absolute Gasteiger partial charge is 0.279 e. The molecule has 0 fully saturated rings. The van der Waals surface area contributed by atoms with Gasteiger partial charge < -0.3 is 0 Å². The zero-order valence-electron chi connectivity index (χ0n) is 5.86. The number of hydrogen-bond acceptors (Lipinski definition) is 2. The summed E-state index contributed by atoms with van der Waals surface area (Å²) >= 11 is 0. The van der Waals surface area contributed by atoms with E-state index >= 15 is 0 Å². The molecule has 1 heterocycles. The minimum Gasteiger partial charge on any atom is -0.279 e. The maximum atomic E-state index is 11.3. The first-order valence-electron chi connectivity index (χ1n) is 3.35. The summed E-state index contributed by atoms with van der Waals surface area (Å²) in [6.45, 7) is 0. The van der Waals surface area contributed by atoms with Crippen molar-refractivity contribution < 1.29 is 4.21 Å². The number of fused-ring (bicyclic) bond motifs is 1. The molecule has 2 nitrogen and oxygen atoms in total. The van der Waals surface area contributed by atoms with Crippen molar-refractivity contribution in [2.45, 2.75) is 4.90 Å². The lowest BCUT2D eigenvalue weighted by Crippen LogP contribution is -2.05. The van der Waals surface area contributed by atoms with Crippen LogP contribution in [0.15, 0.2) is 34.2 Å². The molecule has 1 aliphatic heterocycles. The molecule has 0 radical (unpaired) electrons. The van der Waals surface area contributed by atoms with Gasteiger partial charge in [0.2, 0.25) is 0 Å². The molecule has 0 saturated carbocycles. The lowest BCUT2D eigenvalue weighted by molar-refractivity contribution is 0.682. The first-order valence-corrected chi connectivity index (χ1v) is 4.67. The summed E-state index contributed by atoms with van der Waals surface area (Å²) in [4.78, 5) is 4.88. The van der Waals surface area contributed by atoms with Crippen molar-refractivity contribution in [3.8, 4) is 0 Å². The molecule has 1 unspecified atom stereocenters. The highest BCUT2D eigenvalue weighted by molar-refractivity contribution is 7.85. The Morgan fingerprint density at radius 2 is 2.18 bits per heavy atom. The molecule has 1 atom stereocenters. The van der Waals surface area contributed by atoms with E-state index in [2.05, 4.69) is 4.99 Å². The average molecular weight is 165 g/mol. The van der Waals surface area contributed by atoms with Gasteiger partial charge in [-0.3, -0.25) is 9.20 Å². The summed E-state index contributed by atoms with van der Waals surface area (Å²) in [6.07, 6.45) is 1.77. The third kappa shape index (κ3) is 1.12. The van der Waals surface area contributed by atoms with E-state index in [0.29, 0.717) is 5.88 Å². The van der Waals surface area contributed by atoms with Crippen molar-refractivity contribution in [3.63, 3.8) is 0 Å². The van der Waals surface area contributed by atoms with Crippen LogP contribution in [0.5, 0.6) is 0 Å². The number of nitrogens with zero attached hydrogens (tertiary/aromatic N) is 1. The normalized spacial score (nSPS) is 21.3. The third-order valence-electron chi connectivity index (χ3n) is 1.59. The van der Waals surface area contributed by atoms with Gasteiger partial charge in [0, 0.05) is 16.7 Å². The number of hydrogen-bond donors (Lipinski definition) is 0. The van der Waals surface area contributed by atoms with Gasteiger partial charge in [-0.1, -0.05) is 18.2 Å². The molecule has 0 N–H and O–H groups in total. The van der Waals surface area contributed by atoms with Gasteiger partial charge in [0.1, 0.15) is 5.88 Å². The van der Waals surface area contributed by atoms with Crippen LogP contribution >= 0.6 is 0 Å². The molecule has 0 saturated heterocycles. The van der Waals surface area contributed by atoms with Crippen LogP contribution in [0.1, 0.15) is 5.56 Å². The van der Waals surface area contributed by atoms with E-state index in [-0.39, 0.29) is 0 Å². The Hall–Kier alpha value is -0.960. The summed E-state index contributed by atoms with van der Waals surface area (Å²) in [5, 5.41) is 0. The SMILES string of the molecule is O=S1CN=Cc2ccccc21. The Kier molecular flexibility index (Phi) is 1.58. The van der Waals surface area contributed by atoms with Crippen molar-refractivity contribution in [2.24, 2.45) is 4.99 Å². The fourth-order valence-electron chi connectivity index (χ4n) is 1.07. The van der Waals surface area contributed by atoms with Gasteiger partial charge >= 0.3 is 0 Å². The Labute approximate surface area is 67.4 Å². The van der Waals surface area contributed by atoms with Crippen molar-refractivity contribution >= 4 is 17.0 Å². The van der Waals surface area contributed by atoms with Crippen molar-refractivity contribution in [3.05, 3.63) is 29.8 Å². The third-order valence-corrected chi connectivity index (χ3v) is 2.83. The van der Waals surface area contributed by atoms with Crippen LogP contribution in [-0.4, -0.2) is 16.3 Å². The van der Waals surface area contributed by atoms with Crippen molar-refractivity contribution in [1.82, 2.24) is 0 Å². The van der Waals surface area contributed by atoms with E-state index in [1.165, 1.54) is 0 Å². The van der Waals surface area contributed by atoms with Crippen LogP contribution in [0.2, 0.25) is 0 Å². The van der Waals surface area contributed by atoms with E-state index in [9.17, 15) is 4.21 Å². The molecule has 0 spiro atoms. The Morgan fingerprint density at radius 1 is 1.36 bits per heavy atom. The first-order chi connectivity index (χ1) is 5.38. The molecule has 1 aromatic rings. The zero-order chi connectivity index (χ0) is 7.68. The van der Waals surface area contributed by atoms with Crippen LogP contribution in [0.4, 0.5) is 0 Å². The molecular formula is C8H7NOS. The standard InChI is InChI=1S/C8H7NOS/c10-11-6-9-5-7-3-1-2-4-8(7)11/h1-5H,6H2. The zero-order valence-corrected chi connectivity index (χ0v) is 6.67. The molecule has 0 aromatic heterocycles.